The van der Waals surface area contributed by atoms with Crippen LogP contribution in [0.3, 0.4) is 0 Å². The quantitative estimate of drug-likeness (QED) is 0.800. The van der Waals surface area contributed by atoms with Crippen molar-refractivity contribution >= 4 is 5.82 Å². The minimum Gasteiger partial charge on any atom is -0.491 e. The fraction of sp³-hybridized carbons (Fsp3) is 0.381. The fourth-order valence-corrected chi connectivity index (χ4v) is 3.44. The molecule has 1 N–H and O–H groups in total. The molecule has 0 bridgehead atoms. The van der Waals surface area contributed by atoms with Crippen LogP contribution < -0.4 is 10.1 Å². The first-order chi connectivity index (χ1) is 12.7. The second-order valence-corrected chi connectivity index (χ2v) is 6.32. The van der Waals surface area contributed by atoms with E-state index in [1.807, 2.05) is 39.2 Å². The number of halogens is 1. The van der Waals surface area contributed by atoms with Gasteiger partial charge in [-0.1, -0.05) is 18.1 Å². The third kappa shape index (κ3) is 3.66. The number of rotatable bonds is 6. The van der Waals surface area contributed by atoms with Crippen molar-refractivity contribution in [3.8, 4) is 17.6 Å². The summed E-state index contributed by atoms with van der Waals surface area (Å²) in [4.78, 5) is 6.77. The summed E-state index contributed by atoms with van der Waals surface area (Å²) in [6.45, 7) is 5.06. The van der Waals surface area contributed by atoms with Crippen LogP contribution in [0, 0.1) is 18.8 Å². The molecule has 1 aliphatic heterocycles. The van der Waals surface area contributed by atoms with Crippen molar-refractivity contribution in [2.24, 2.45) is 0 Å². The molecule has 4 nitrogen and oxygen atoms in total. The van der Waals surface area contributed by atoms with Crippen molar-refractivity contribution in [3.63, 3.8) is 0 Å². The molecular formula is C21H24FN3O. The number of benzene rings is 1. The van der Waals surface area contributed by atoms with Gasteiger partial charge in [0.15, 0.2) is 0 Å². The summed E-state index contributed by atoms with van der Waals surface area (Å²) in [6, 6.07) is 8.18. The highest BCUT2D eigenvalue weighted by Gasteiger charge is 2.31. The maximum absolute atomic E-state index is 12.3. The van der Waals surface area contributed by atoms with Crippen LogP contribution in [0.25, 0.3) is 0 Å². The lowest BCUT2D eigenvalue weighted by atomic mass is 10.1. The van der Waals surface area contributed by atoms with Gasteiger partial charge in [-0.05, 0) is 42.7 Å². The maximum atomic E-state index is 12.3. The van der Waals surface area contributed by atoms with E-state index in [-0.39, 0.29) is 12.6 Å². The van der Waals surface area contributed by atoms with Crippen molar-refractivity contribution in [1.29, 1.82) is 0 Å². The molecule has 2 aromatic rings. The number of alkyl halides is 1. The number of nitrogens with one attached hydrogen (secondary N) is 1. The van der Waals surface area contributed by atoms with Gasteiger partial charge in [0.25, 0.3) is 0 Å². The Morgan fingerprint density at radius 1 is 1.38 bits per heavy atom. The van der Waals surface area contributed by atoms with Gasteiger partial charge in [0.1, 0.15) is 24.8 Å². The van der Waals surface area contributed by atoms with E-state index >= 15 is 0 Å². The van der Waals surface area contributed by atoms with Crippen molar-refractivity contribution < 1.29 is 9.13 Å². The highest BCUT2D eigenvalue weighted by molar-refractivity contribution is 5.53. The molecule has 0 aliphatic carbocycles. The van der Waals surface area contributed by atoms with Gasteiger partial charge in [-0.3, -0.25) is 4.90 Å². The van der Waals surface area contributed by atoms with E-state index in [9.17, 15) is 4.39 Å². The Morgan fingerprint density at radius 2 is 2.23 bits per heavy atom. The molecule has 136 valence electrons. The van der Waals surface area contributed by atoms with Gasteiger partial charge < -0.3 is 10.1 Å². The highest BCUT2D eigenvalue weighted by atomic mass is 19.1. The summed E-state index contributed by atoms with van der Waals surface area (Å²) in [6.07, 6.45) is 1.83. The van der Waals surface area contributed by atoms with E-state index in [0.717, 1.165) is 30.2 Å². The summed E-state index contributed by atoms with van der Waals surface area (Å²) >= 11 is 0. The number of ether oxygens (including phenoxy) is 1. The Morgan fingerprint density at radius 3 is 2.92 bits per heavy atom. The first-order valence-electron chi connectivity index (χ1n) is 8.78. The molecule has 1 atom stereocenters. The van der Waals surface area contributed by atoms with Gasteiger partial charge in [-0.25, -0.2) is 9.37 Å². The zero-order chi connectivity index (χ0) is 18.5. The molecule has 5 heteroatoms. The number of pyridine rings is 1. The van der Waals surface area contributed by atoms with Crippen LogP contribution in [0.1, 0.15) is 35.2 Å². The van der Waals surface area contributed by atoms with E-state index in [2.05, 4.69) is 39.2 Å². The molecule has 0 spiro atoms. The molecule has 1 unspecified atom stereocenters. The van der Waals surface area contributed by atoms with Crippen molar-refractivity contribution in [2.75, 3.05) is 25.6 Å². The largest absolute Gasteiger partial charge is 0.491 e. The molecule has 0 amide bonds. The van der Waals surface area contributed by atoms with Gasteiger partial charge in [-0.2, -0.15) is 0 Å². The summed E-state index contributed by atoms with van der Waals surface area (Å²) in [7, 11) is 1.89. The Labute approximate surface area is 154 Å². The second-order valence-electron chi connectivity index (χ2n) is 6.32. The molecule has 3 rings (SSSR count). The normalized spacial score (nSPS) is 15.9. The zero-order valence-corrected chi connectivity index (χ0v) is 15.5. The average molecular weight is 353 g/mol. The molecule has 1 aromatic heterocycles. The lowest BCUT2D eigenvalue weighted by Crippen LogP contribution is -2.20. The smallest absolute Gasteiger partial charge is 0.130 e. The maximum Gasteiger partial charge on any atom is 0.130 e. The first kappa shape index (κ1) is 18.2. The molecule has 0 saturated carbocycles. The molecule has 1 aromatic carbocycles. The van der Waals surface area contributed by atoms with Gasteiger partial charge in [0.2, 0.25) is 0 Å². The van der Waals surface area contributed by atoms with Crippen LogP contribution in [0.2, 0.25) is 0 Å². The van der Waals surface area contributed by atoms with E-state index < -0.39 is 6.67 Å². The summed E-state index contributed by atoms with van der Waals surface area (Å²) < 4.78 is 17.7. The Kier molecular flexibility index (Phi) is 5.75. The Bertz CT molecular complexity index is 841. The zero-order valence-electron chi connectivity index (χ0n) is 15.5. The number of aryl methyl sites for hydroxylation is 1. The van der Waals surface area contributed by atoms with E-state index in [4.69, 9.17) is 4.74 Å². The number of aromatic nitrogens is 1. The minimum atomic E-state index is -0.480. The van der Waals surface area contributed by atoms with Gasteiger partial charge >= 0.3 is 0 Å². The fourth-order valence-electron chi connectivity index (χ4n) is 3.44. The van der Waals surface area contributed by atoms with Gasteiger partial charge in [0.05, 0.1) is 6.04 Å². The van der Waals surface area contributed by atoms with Gasteiger partial charge in [0, 0.05) is 31.9 Å². The highest BCUT2D eigenvalue weighted by Crippen LogP contribution is 2.37. The summed E-state index contributed by atoms with van der Waals surface area (Å²) in [5.41, 5.74) is 4.63. The van der Waals surface area contributed by atoms with Crippen molar-refractivity contribution in [2.45, 2.75) is 33.0 Å². The predicted molar refractivity (Wildman–Crippen MR) is 102 cm³/mol. The van der Waals surface area contributed by atoms with Crippen molar-refractivity contribution in [3.05, 3.63) is 52.7 Å². The topological polar surface area (TPSA) is 37.4 Å². The van der Waals surface area contributed by atoms with Crippen LogP contribution in [0.15, 0.2) is 30.5 Å². The molecule has 0 fully saturated rings. The first-order valence-corrected chi connectivity index (χ1v) is 8.78. The van der Waals surface area contributed by atoms with Crippen LogP contribution >= 0.6 is 0 Å². The lowest BCUT2D eigenvalue weighted by Gasteiger charge is -2.21. The predicted octanol–water partition coefficient (Wildman–Crippen LogP) is 3.86. The van der Waals surface area contributed by atoms with Crippen LogP contribution in [0.4, 0.5) is 10.2 Å². The molecular weight excluding hydrogens is 329 g/mol. The third-order valence-corrected chi connectivity index (χ3v) is 4.59. The van der Waals surface area contributed by atoms with E-state index in [1.54, 1.807) is 0 Å². The SMILES string of the molecule is CC#CC1c2ccnc(NC)c2CN1Cc1ccc(OCCF)c(C)c1. The second kappa shape index (κ2) is 8.20. The number of hydrogen-bond acceptors (Lipinski definition) is 4. The number of nitrogens with zero attached hydrogens (tertiary/aromatic N) is 2. The van der Waals surface area contributed by atoms with E-state index in [1.165, 1.54) is 16.7 Å². The number of fused-ring (bicyclic) bond motifs is 1. The third-order valence-electron chi connectivity index (χ3n) is 4.59. The molecule has 0 saturated heterocycles. The summed E-state index contributed by atoms with van der Waals surface area (Å²) in [5.74, 6) is 8.04. The number of anilines is 1. The molecule has 1 aliphatic rings. The Balaban J connectivity index is 1.83. The van der Waals surface area contributed by atoms with E-state index in [0.29, 0.717) is 0 Å². The van der Waals surface area contributed by atoms with Crippen molar-refractivity contribution in [1.82, 2.24) is 9.88 Å². The monoisotopic (exact) mass is 353 g/mol. The molecule has 26 heavy (non-hydrogen) atoms. The van der Waals surface area contributed by atoms with Crippen LogP contribution in [-0.2, 0) is 13.1 Å². The summed E-state index contributed by atoms with van der Waals surface area (Å²) in [5, 5.41) is 3.18. The molecule has 2 heterocycles. The average Bonchev–Trinajstić information content (AvgIpc) is 2.99. The lowest BCUT2D eigenvalue weighted by molar-refractivity contribution is 0.246. The minimum absolute atomic E-state index is 0.0628. The van der Waals surface area contributed by atoms with Crippen LogP contribution in [0.5, 0.6) is 5.75 Å². The van der Waals surface area contributed by atoms with Gasteiger partial charge in [-0.15, -0.1) is 5.92 Å². The number of hydrogen-bond donors (Lipinski definition) is 1. The standard InChI is InChI=1S/C21H24FN3O/c1-4-5-19-17-8-10-24-21(23-3)18(17)14-25(19)13-16-6-7-20(15(2)12-16)26-11-9-22/h6-8,10,12,19H,9,11,13-14H2,1-3H3,(H,23,24). The van der Waals surface area contributed by atoms with Crippen LogP contribution in [-0.4, -0.2) is 30.2 Å². The Hall–Kier alpha value is -2.58. The molecule has 0 radical (unpaired) electrons.